The number of hydrogen-bond donors (Lipinski definition) is 0. The summed E-state index contributed by atoms with van der Waals surface area (Å²) < 4.78 is 50.2. The number of fused-ring (bicyclic) bond motifs is 3. The Morgan fingerprint density at radius 2 is 1.88 bits per heavy atom. The number of hydrogen-bond acceptors (Lipinski definition) is 6. The highest BCUT2D eigenvalue weighted by atomic mass is 35.5. The van der Waals surface area contributed by atoms with Gasteiger partial charge in [0.15, 0.2) is 16.8 Å². The van der Waals surface area contributed by atoms with Gasteiger partial charge >= 0.3 is 12.3 Å². The summed E-state index contributed by atoms with van der Waals surface area (Å²) in [6, 6.07) is 5.68. The number of halogens is 4. The minimum absolute atomic E-state index is 0.0337. The molecule has 2 atom stereocenters. The standard InChI is InChI=1S/C29H34ClF3N6O3/c1-28(2,3)42-27(41)37-13-11-18(17-37)14-25(40)36(4)26(29(31,32)33)19-7-9-20(10-8-19)38-12-5-6-21-22(38)16-34-24-15-23(30)35-39(21)24/h7-10,15-16,18,26H,5-6,11-14,17H2,1-4H3. The molecule has 3 aromatic rings. The Labute approximate surface area is 247 Å². The fraction of sp³-hybridized carbons (Fsp3) is 0.517. The summed E-state index contributed by atoms with van der Waals surface area (Å²) in [5, 5.41) is 4.66. The minimum Gasteiger partial charge on any atom is -0.444 e. The van der Waals surface area contributed by atoms with Gasteiger partial charge in [0.2, 0.25) is 5.91 Å². The Kier molecular flexibility index (Phi) is 8.04. The molecule has 2 unspecified atom stereocenters. The van der Waals surface area contributed by atoms with Gasteiger partial charge in [0, 0.05) is 44.9 Å². The van der Waals surface area contributed by atoms with E-state index in [-0.39, 0.29) is 24.4 Å². The fourth-order valence-electron chi connectivity index (χ4n) is 5.69. The first-order valence-corrected chi connectivity index (χ1v) is 14.3. The number of alkyl halides is 3. The lowest BCUT2D eigenvalue weighted by atomic mass is 10.0. The van der Waals surface area contributed by atoms with Crippen molar-refractivity contribution in [2.45, 2.75) is 64.3 Å². The quantitative estimate of drug-likeness (QED) is 0.345. The second-order valence-electron chi connectivity index (χ2n) is 11.9. The van der Waals surface area contributed by atoms with Crippen LogP contribution in [0.5, 0.6) is 0 Å². The van der Waals surface area contributed by atoms with Crippen LogP contribution >= 0.6 is 11.6 Å². The summed E-state index contributed by atoms with van der Waals surface area (Å²) in [7, 11) is 1.18. The second kappa shape index (κ2) is 11.3. The van der Waals surface area contributed by atoms with Crippen LogP contribution in [0.25, 0.3) is 5.65 Å². The van der Waals surface area contributed by atoms with Crippen molar-refractivity contribution in [3.63, 3.8) is 0 Å². The predicted molar refractivity (Wildman–Crippen MR) is 152 cm³/mol. The maximum Gasteiger partial charge on any atom is 0.413 e. The third-order valence-corrected chi connectivity index (χ3v) is 7.81. The number of amides is 2. The van der Waals surface area contributed by atoms with Gasteiger partial charge in [-0.2, -0.15) is 18.3 Å². The highest BCUT2D eigenvalue weighted by Gasteiger charge is 2.45. The van der Waals surface area contributed by atoms with Crippen LogP contribution in [0.3, 0.4) is 0 Å². The summed E-state index contributed by atoms with van der Waals surface area (Å²) in [6.45, 7) is 6.61. The Hall–Kier alpha value is -3.54. The van der Waals surface area contributed by atoms with E-state index in [0.717, 1.165) is 29.1 Å². The fourth-order valence-corrected chi connectivity index (χ4v) is 5.87. The van der Waals surface area contributed by atoms with Crippen LogP contribution in [0.1, 0.15) is 57.3 Å². The molecule has 1 aromatic carbocycles. The average molecular weight is 607 g/mol. The van der Waals surface area contributed by atoms with Gasteiger partial charge < -0.3 is 19.4 Å². The van der Waals surface area contributed by atoms with Crippen molar-refractivity contribution in [2.24, 2.45) is 5.92 Å². The van der Waals surface area contributed by atoms with E-state index in [1.165, 1.54) is 24.1 Å². The van der Waals surface area contributed by atoms with Crippen LogP contribution in [0.4, 0.5) is 29.3 Å². The van der Waals surface area contributed by atoms with E-state index in [1.54, 1.807) is 49.7 Å². The van der Waals surface area contributed by atoms with Crippen molar-refractivity contribution >= 4 is 40.6 Å². The number of ether oxygens (including phenoxy) is 1. The predicted octanol–water partition coefficient (Wildman–Crippen LogP) is 6.18. The lowest BCUT2D eigenvalue weighted by Gasteiger charge is -2.33. The zero-order chi connectivity index (χ0) is 30.4. The molecule has 5 rings (SSSR count). The molecule has 0 aliphatic carbocycles. The monoisotopic (exact) mass is 606 g/mol. The smallest absolute Gasteiger partial charge is 0.413 e. The molecule has 0 N–H and O–H groups in total. The van der Waals surface area contributed by atoms with Crippen molar-refractivity contribution < 1.29 is 27.5 Å². The van der Waals surface area contributed by atoms with Crippen LogP contribution in [0.2, 0.25) is 5.15 Å². The normalized spacial score (nSPS) is 18.2. The van der Waals surface area contributed by atoms with E-state index in [1.807, 2.05) is 4.90 Å². The Morgan fingerprint density at radius 3 is 2.55 bits per heavy atom. The van der Waals surface area contributed by atoms with Crippen LogP contribution in [0, 0.1) is 5.92 Å². The van der Waals surface area contributed by atoms with Crippen molar-refractivity contribution in [3.05, 3.63) is 52.9 Å². The number of aryl methyl sites for hydroxylation is 1. The van der Waals surface area contributed by atoms with Gasteiger partial charge in [0.25, 0.3) is 0 Å². The summed E-state index contributed by atoms with van der Waals surface area (Å²) >= 11 is 6.07. The van der Waals surface area contributed by atoms with Crippen molar-refractivity contribution in [2.75, 3.05) is 31.6 Å². The van der Waals surface area contributed by atoms with Crippen LogP contribution in [-0.4, -0.2) is 74.9 Å². The van der Waals surface area contributed by atoms with E-state index in [0.29, 0.717) is 36.0 Å². The van der Waals surface area contributed by atoms with Crippen LogP contribution in [-0.2, 0) is 16.0 Å². The largest absolute Gasteiger partial charge is 0.444 e. The number of carbonyl (C=O) groups excluding carboxylic acids is 2. The van der Waals surface area contributed by atoms with Crippen LogP contribution in [0.15, 0.2) is 36.5 Å². The third kappa shape index (κ3) is 6.28. The Balaban J connectivity index is 1.30. The lowest BCUT2D eigenvalue weighted by molar-refractivity contribution is -0.189. The molecule has 226 valence electrons. The van der Waals surface area contributed by atoms with Gasteiger partial charge in [-0.1, -0.05) is 23.7 Å². The van der Waals surface area contributed by atoms with E-state index in [9.17, 15) is 22.8 Å². The number of anilines is 2. The molecule has 0 bridgehead atoms. The number of benzene rings is 1. The zero-order valence-corrected chi connectivity index (χ0v) is 24.7. The second-order valence-corrected chi connectivity index (χ2v) is 12.3. The van der Waals surface area contributed by atoms with Gasteiger partial charge in [-0.05, 0) is 63.6 Å². The summed E-state index contributed by atoms with van der Waals surface area (Å²) in [4.78, 5) is 34.2. The first-order valence-electron chi connectivity index (χ1n) is 13.9. The van der Waals surface area contributed by atoms with Gasteiger partial charge in [-0.25, -0.2) is 14.3 Å². The molecule has 13 heteroatoms. The molecule has 4 heterocycles. The lowest BCUT2D eigenvalue weighted by Crippen LogP contribution is -2.40. The van der Waals surface area contributed by atoms with Gasteiger partial charge in [0.05, 0.1) is 17.6 Å². The number of rotatable bonds is 5. The molecule has 2 aliphatic rings. The molecular weight excluding hydrogens is 573 g/mol. The van der Waals surface area contributed by atoms with Crippen molar-refractivity contribution in [1.29, 1.82) is 0 Å². The molecule has 2 amide bonds. The molecule has 42 heavy (non-hydrogen) atoms. The van der Waals surface area contributed by atoms with Crippen molar-refractivity contribution in [3.8, 4) is 0 Å². The SMILES string of the molecule is CN(C(=O)CC1CCN(C(=O)OC(C)(C)C)C1)C(c1ccc(N2CCCc3c2cnc2cc(Cl)nn32)cc1)C(F)(F)F. The highest BCUT2D eigenvalue weighted by Crippen LogP contribution is 2.40. The maximum atomic E-state index is 14.4. The van der Waals surface area contributed by atoms with E-state index in [2.05, 4.69) is 10.1 Å². The van der Waals surface area contributed by atoms with Gasteiger partial charge in [-0.3, -0.25) is 4.79 Å². The molecule has 0 radical (unpaired) electrons. The van der Waals surface area contributed by atoms with Crippen molar-refractivity contribution in [1.82, 2.24) is 24.4 Å². The molecule has 0 spiro atoms. The van der Waals surface area contributed by atoms with Gasteiger partial charge in [-0.15, -0.1) is 0 Å². The maximum absolute atomic E-state index is 14.4. The number of nitrogens with zero attached hydrogens (tertiary/aromatic N) is 6. The summed E-state index contributed by atoms with van der Waals surface area (Å²) in [5.74, 6) is -0.872. The number of carbonyl (C=O) groups is 2. The summed E-state index contributed by atoms with van der Waals surface area (Å²) in [5.41, 5.74) is 2.40. The summed E-state index contributed by atoms with van der Waals surface area (Å²) in [6.07, 6.45) is -1.42. The number of aromatic nitrogens is 3. The molecule has 0 saturated carbocycles. The molecule has 9 nitrogen and oxygen atoms in total. The molecular formula is C29H34ClF3N6O3. The van der Waals surface area contributed by atoms with E-state index in [4.69, 9.17) is 16.3 Å². The molecule has 1 fully saturated rings. The topological polar surface area (TPSA) is 83.3 Å². The molecule has 1 saturated heterocycles. The average Bonchev–Trinajstić information content (AvgIpc) is 3.53. The molecule has 2 aromatic heterocycles. The Bertz CT molecular complexity index is 1470. The first-order chi connectivity index (χ1) is 19.7. The number of likely N-dealkylation sites (tertiary alicyclic amines) is 1. The van der Waals surface area contributed by atoms with Gasteiger partial charge in [0.1, 0.15) is 5.60 Å². The zero-order valence-electron chi connectivity index (χ0n) is 24.0. The first kappa shape index (κ1) is 29.9. The van der Waals surface area contributed by atoms with E-state index < -0.39 is 29.8 Å². The Morgan fingerprint density at radius 1 is 1.17 bits per heavy atom. The minimum atomic E-state index is -4.68. The molecule has 2 aliphatic heterocycles. The van der Waals surface area contributed by atoms with Crippen LogP contribution < -0.4 is 4.90 Å². The highest BCUT2D eigenvalue weighted by molar-refractivity contribution is 6.29. The van der Waals surface area contributed by atoms with E-state index >= 15 is 0 Å². The third-order valence-electron chi connectivity index (χ3n) is 7.63.